The predicted octanol–water partition coefficient (Wildman–Crippen LogP) is 5.02. The van der Waals surface area contributed by atoms with Gasteiger partial charge in [0.05, 0.1) is 0 Å². The van der Waals surface area contributed by atoms with Crippen LogP contribution in [-0.2, 0) is 9.47 Å². The molecule has 0 aromatic carbocycles. The first-order valence-electron chi connectivity index (χ1n) is 7.01. The Morgan fingerprint density at radius 3 is 1.89 bits per heavy atom. The average Bonchev–Trinajstić information content (AvgIpc) is 2.35. The number of allylic oxidation sites excluding steroid dienone is 5. The zero-order valence-electron chi connectivity index (χ0n) is 13.5. The van der Waals surface area contributed by atoms with E-state index >= 15 is 0 Å². The average molecular weight is 266 g/mol. The van der Waals surface area contributed by atoms with Crippen LogP contribution in [0.4, 0.5) is 0 Å². The summed E-state index contributed by atoms with van der Waals surface area (Å²) >= 11 is 0. The summed E-state index contributed by atoms with van der Waals surface area (Å²) in [7, 11) is 3.32. The number of hydrogen-bond donors (Lipinski definition) is 0. The second kappa shape index (κ2) is 11.0. The summed E-state index contributed by atoms with van der Waals surface area (Å²) in [5, 5.41) is 0. The molecule has 0 unspecified atom stereocenters. The van der Waals surface area contributed by atoms with Crippen molar-refractivity contribution in [3.8, 4) is 0 Å². The number of ether oxygens (including phenoxy) is 2. The Labute approximate surface area is 119 Å². The fourth-order valence-electron chi connectivity index (χ4n) is 1.78. The largest absolute Gasteiger partial charge is 0.352 e. The van der Waals surface area contributed by atoms with Crippen molar-refractivity contribution >= 4 is 0 Å². The van der Waals surface area contributed by atoms with E-state index in [0.717, 1.165) is 25.7 Å². The van der Waals surface area contributed by atoms with Crippen LogP contribution in [0.2, 0.25) is 0 Å². The Morgan fingerprint density at radius 1 is 0.842 bits per heavy atom. The summed E-state index contributed by atoms with van der Waals surface area (Å²) in [5.74, 6) is 0. The standard InChI is InChI=1S/C17H30O2/c1-14(2)9-7-10-15(3)11-8-12-16(4)13-17(18-5)19-6/h9,11,13,17H,7-8,10,12H2,1-6H3/b15-11+,16-13+. The van der Waals surface area contributed by atoms with Crippen molar-refractivity contribution in [3.05, 3.63) is 34.9 Å². The molecule has 0 saturated carbocycles. The summed E-state index contributed by atoms with van der Waals surface area (Å²) in [6, 6.07) is 0. The molecule has 0 bridgehead atoms. The van der Waals surface area contributed by atoms with E-state index in [0.29, 0.717) is 0 Å². The van der Waals surface area contributed by atoms with Gasteiger partial charge in [-0.15, -0.1) is 0 Å². The molecule has 0 aliphatic carbocycles. The second-order valence-electron chi connectivity index (χ2n) is 5.26. The molecule has 2 nitrogen and oxygen atoms in total. The molecule has 19 heavy (non-hydrogen) atoms. The maximum atomic E-state index is 5.15. The lowest BCUT2D eigenvalue weighted by atomic mass is 10.1. The van der Waals surface area contributed by atoms with Gasteiger partial charge in [0.2, 0.25) is 0 Å². The molecule has 0 rings (SSSR count). The molecular formula is C17H30O2. The van der Waals surface area contributed by atoms with Gasteiger partial charge in [-0.1, -0.05) is 28.9 Å². The summed E-state index contributed by atoms with van der Waals surface area (Å²) in [5.41, 5.74) is 4.18. The van der Waals surface area contributed by atoms with Gasteiger partial charge in [-0.05, 0) is 59.5 Å². The summed E-state index contributed by atoms with van der Waals surface area (Å²) in [4.78, 5) is 0. The highest BCUT2D eigenvalue weighted by Crippen LogP contribution is 2.12. The van der Waals surface area contributed by atoms with Crippen molar-refractivity contribution in [2.75, 3.05) is 14.2 Å². The molecule has 110 valence electrons. The molecule has 0 aromatic rings. The third-order valence-corrected chi connectivity index (χ3v) is 3.01. The minimum Gasteiger partial charge on any atom is -0.352 e. The SMILES string of the molecule is COC(/C=C(\C)CC/C=C(\C)CCC=C(C)C)OC. The molecule has 0 atom stereocenters. The normalized spacial score (nSPS) is 13.0. The molecule has 0 N–H and O–H groups in total. The molecule has 0 aliphatic rings. The Hall–Kier alpha value is -0.860. The van der Waals surface area contributed by atoms with Crippen LogP contribution in [0, 0.1) is 0 Å². The maximum absolute atomic E-state index is 5.15. The number of hydrogen-bond acceptors (Lipinski definition) is 2. The third kappa shape index (κ3) is 10.7. The first-order valence-corrected chi connectivity index (χ1v) is 7.01. The second-order valence-corrected chi connectivity index (χ2v) is 5.26. The zero-order chi connectivity index (χ0) is 14.7. The topological polar surface area (TPSA) is 18.5 Å². The van der Waals surface area contributed by atoms with Gasteiger partial charge in [0.25, 0.3) is 0 Å². The Balaban J connectivity index is 4.02. The van der Waals surface area contributed by atoms with E-state index in [1.165, 1.54) is 16.7 Å². The van der Waals surface area contributed by atoms with Crippen molar-refractivity contribution in [1.29, 1.82) is 0 Å². The highest BCUT2D eigenvalue weighted by molar-refractivity contribution is 5.06. The van der Waals surface area contributed by atoms with Gasteiger partial charge in [0, 0.05) is 14.2 Å². The van der Waals surface area contributed by atoms with Crippen LogP contribution >= 0.6 is 0 Å². The third-order valence-electron chi connectivity index (χ3n) is 3.01. The molecule has 0 aliphatic heterocycles. The van der Waals surface area contributed by atoms with Gasteiger partial charge in [0.1, 0.15) is 0 Å². The fourth-order valence-corrected chi connectivity index (χ4v) is 1.78. The van der Waals surface area contributed by atoms with Crippen LogP contribution in [0.15, 0.2) is 34.9 Å². The minimum atomic E-state index is -0.220. The van der Waals surface area contributed by atoms with Crippen molar-refractivity contribution < 1.29 is 9.47 Å². The van der Waals surface area contributed by atoms with E-state index in [-0.39, 0.29) is 6.29 Å². The van der Waals surface area contributed by atoms with Crippen LogP contribution < -0.4 is 0 Å². The van der Waals surface area contributed by atoms with Crippen molar-refractivity contribution in [2.45, 2.75) is 59.7 Å². The number of rotatable bonds is 9. The van der Waals surface area contributed by atoms with E-state index in [4.69, 9.17) is 9.47 Å². The van der Waals surface area contributed by atoms with E-state index in [2.05, 4.69) is 39.8 Å². The van der Waals surface area contributed by atoms with E-state index in [1.807, 2.05) is 6.08 Å². The molecule has 0 saturated heterocycles. The van der Waals surface area contributed by atoms with E-state index < -0.39 is 0 Å². The summed E-state index contributed by atoms with van der Waals surface area (Å²) < 4.78 is 10.3. The van der Waals surface area contributed by atoms with Gasteiger partial charge in [0.15, 0.2) is 6.29 Å². The Kier molecular flexibility index (Phi) is 10.5. The van der Waals surface area contributed by atoms with Crippen LogP contribution in [0.25, 0.3) is 0 Å². The molecule has 0 fully saturated rings. The monoisotopic (exact) mass is 266 g/mol. The van der Waals surface area contributed by atoms with Crippen molar-refractivity contribution in [3.63, 3.8) is 0 Å². The van der Waals surface area contributed by atoms with Gasteiger partial charge in [-0.2, -0.15) is 0 Å². The summed E-state index contributed by atoms with van der Waals surface area (Å²) in [6.45, 7) is 8.63. The van der Waals surface area contributed by atoms with Crippen LogP contribution in [-0.4, -0.2) is 20.5 Å². The smallest absolute Gasteiger partial charge is 0.176 e. The molecule has 2 heteroatoms. The molecular weight excluding hydrogens is 236 g/mol. The van der Waals surface area contributed by atoms with Crippen molar-refractivity contribution in [2.24, 2.45) is 0 Å². The fraction of sp³-hybridized carbons (Fsp3) is 0.647. The molecule has 0 spiro atoms. The van der Waals surface area contributed by atoms with Crippen molar-refractivity contribution in [1.82, 2.24) is 0 Å². The van der Waals surface area contributed by atoms with Gasteiger partial charge in [-0.25, -0.2) is 0 Å². The molecule has 0 heterocycles. The zero-order valence-corrected chi connectivity index (χ0v) is 13.5. The lowest BCUT2D eigenvalue weighted by molar-refractivity contribution is -0.0671. The Morgan fingerprint density at radius 2 is 1.37 bits per heavy atom. The maximum Gasteiger partial charge on any atom is 0.176 e. The first kappa shape index (κ1) is 18.1. The molecule has 0 radical (unpaired) electrons. The summed E-state index contributed by atoms with van der Waals surface area (Å²) in [6.07, 6.45) is 10.9. The lowest BCUT2D eigenvalue weighted by Gasteiger charge is -2.09. The quantitative estimate of drug-likeness (QED) is 0.431. The van der Waals surface area contributed by atoms with Gasteiger partial charge < -0.3 is 9.47 Å². The van der Waals surface area contributed by atoms with Crippen LogP contribution in [0.1, 0.15) is 53.4 Å². The first-order chi connectivity index (χ1) is 8.99. The van der Waals surface area contributed by atoms with Crippen LogP contribution in [0.3, 0.4) is 0 Å². The predicted molar refractivity (Wildman–Crippen MR) is 83.2 cm³/mol. The highest BCUT2D eigenvalue weighted by Gasteiger charge is 2.00. The Bertz CT molecular complexity index is 316. The van der Waals surface area contributed by atoms with E-state index in [1.54, 1.807) is 14.2 Å². The van der Waals surface area contributed by atoms with E-state index in [9.17, 15) is 0 Å². The van der Waals surface area contributed by atoms with Gasteiger partial charge in [-0.3, -0.25) is 0 Å². The molecule has 0 amide bonds. The van der Waals surface area contributed by atoms with Gasteiger partial charge >= 0.3 is 0 Å². The molecule has 0 aromatic heterocycles. The number of methoxy groups -OCH3 is 2. The highest BCUT2D eigenvalue weighted by atomic mass is 16.7. The lowest BCUT2D eigenvalue weighted by Crippen LogP contribution is -2.09. The van der Waals surface area contributed by atoms with Crippen LogP contribution in [0.5, 0.6) is 0 Å². The minimum absolute atomic E-state index is 0.220.